The van der Waals surface area contributed by atoms with Crippen LogP contribution in [0.5, 0.6) is 5.88 Å². The number of hydrogen-bond acceptors (Lipinski definition) is 5. The first-order valence-corrected chi connectivity index (χ1v) is 7.66. The van der Waals surface area contributed by atoms with Gasteiger partial charge in [-0.05, 0) is 37.7 Å². The first kappa shape index (κ1) is 14.8. The van der Waals surface area contributed by atoms with Crippen molar-refractivity contribution < 1.29 is 19.1 Å². The fraction of sp³-hybridized carbons (Fsp3) is 0.562. The molecule has 0 bridgehead atoms. The van der Waals surface area contributed by atoms with E-state index in [2.05, 4.69) is 4.98 Å². The van der Waals surface area contributed by atoms with Gasteiger partial charge >= 0.3 is 5.97 Å². The van der Waals surface area contributed by atoms with Crippen molar-refractivity contribution in [1.29, 1.82) is 0 Å². The quantitative estimate of drug-likeness (QED) is 0.774. The van der Waals surface area contributed by atoms with Crippen LogP contribution < -0.4 is 4.74 Å². The Hall–Kier alpha value is -2.11. The summed E-state index contributed by atoms with van der Waals surface area (Å²) in [7, 11) is 1.35. The number of methoxy groups -OCH3 is 1. The van der Waals surface area contributed by atoms with E-state index in [1.54, 1.807) is 23.2 Å². The molecule has 1 aliphatic carbocycles. The van der Waals surface area contributed by atoms with Gasteiger partial charge in [0, 0.05) is 24.4 Å². The van der Waals surface area contributed by atoms with Gasteiger partial charge in [0.05, 0.1) is 13.7 Å². The van der Waals surface area contributed by atoms with E-state index in [0.717, 1.165) is 6.42 Å². The van der Waals surface area contributed by atoms with Crippen LogP contribution in [-0.4, -0.2) is 48.1 Å². The molecule has 0 unspecified atom stereocenters. The normalized spacial score (nSPS) is 20.8. The summed E-state index contributed by atoms with van der Waals surface area (Å²) in [5.74, 6) is 0.562. The largest absolute Gasteiger partial charge is 0.477 e. The van der Waals surface area contributed by atoms with E-state index < -0.39 is 6.04 Å². The number of amides is 1. The van der Waals surface area contributed by atoms with Crippen LogP contribution in [0.25, 0.3) is 0 Å². The molecule has 1 aromatic rings. The van der Waals surface area contributed by atoms with Crippen molar-refractivity contribution in [3.05, 3.63) is 23.9 Å². The number of ether oxygens (including phenoxy) is 2. The molecule has 6 heteroatoms. The molecule has 3 rings (SSSR count). The van der Waals surface area contributed by atoms with Crippen LogP contribution in [0.3, 0.4) is 0 Å². The minimum Gasteiger partial charge on any atom is -0.477 e. The van der Waals surface area contributed by atoms with E-state index in [0.29, 0.717) is 36.9 Å². The van der Waals surface area contributed by atoms with Crippen molar-refractivity contribution in [2.75, 3.05) is 20.3 Å². The fourth-order valence-corrected chi connectivity index (χ4v) is 2.67. The van der Waals surface area contributed by atoms with Gasteiger partial charge in [-0.1, -0.05) is 0 Å². The van der Waals surface area contributed by atoms with Gasteiger partial charge in [0.2, 0.25) is 5.88 Å². The molecule has 1 saturated carbocycles. The van der Waals surface area contributed by atoms with E-state index in [-0.39, 0.29) is 11.9 Å². The zero-order chi connectivity index (χ0) is 15.5. The van der Waals surface area contributed by atoms with Gasteiger partial charge in [-0.15, -0.1) is 0 Å². The molecule has 1 amide bonds. The molecule has 0 N–H and O–H groups in total. The van der Waals surface area contributed by atoms with E-state index in [4.69, 9.17) is 9.47 Å². The molecule has 1 atom stereocenters. The summed E-state index contributed by atoms with van der Waals surface area (Å²) in [6.45, 7) is 1.22. The lowest BCUT2D eigenvalue weighted by molar-refractivity contribution is -0.145. The molecule has 0 radical (unpaired) electrons. The van der Waals surface area contributed by atoms with Crippen LogP contribution >= 0.6 is 0 Å². The highest BCUT2D eigenvalue weighted by molar-refractivity contribution is 5.97. The SMILES string of the molecule is COC(=O)[C@H]1CCCN1C(=O)c1ccnc(OCC2CC2)c1. The van der Waals surface area contributed by atoms with Crippen molar-refractivity contribution >= 4 is 11.9 Å². The van der Waals surface area contributed by atoms with Crippen molar-refractivity contribution in [2.45, 2.75) is 31.7 Å². The highest BCUT2D eigenvalue weighted by Crippen LogP contribution is 2.29. The molecule has 2 heterocycles. The highest BCUT2D eigenvalue weighted by atomic mass is 16.5. The molecule has 2 aliphatic rings. The number of aromatic nitrogens is 1. The van der Waals surface area contributed by atoms with Gasteiger partial charge in [-0.3, -0.25) is 4.79 Å². The maximum atomic E-state index is 12.6. The lowest BCUT2D eigenvalue weighted by Gasteiger charge is -2.22. The van der Waals surface area contributed by atoms with E-state index in [1.165, 1.54) is 20.0 Å². The van der Waals surface area contributed by atoms with Gasteiger partial charge in [0.1, 0.15) is 6.04 Å². The first-order valence-electron chi connectivity index (χ1n) is 7.66. The Labute approximate surface area is 129 Å². The monoisotopic (exact) mass is 304 g/mol. The van der Waals surface area contributed by atoms with E-state index in [1.807, 2.05) is 0 Å². The number of carbonyl (C=O) groups excluding carboxylic acids is 2. The summed E-state index contributed by atoms with van der Waals surface area (Å²) < 4.78 is 10.4. The Morgan fingerprint density at radius 2 is 2.18 bits per heavy atom. The van der Waals surface area contributed by atoms with Crippen molar-refractivity contribution in [3.63, 3.8) is 0 Å². The molecule has 118 valence electrons. The number of hydrogen-bond donors (Lipinski definition) is 0. The molecular formula is C16H20N2O4. The summed E-state index contributed by atoms with van der Waals surface area (Å²) in [5.41, 5.74) is 0.497. The zero-order valence-corrected chi connectivity index (χ0v) is 12.7. The second kappa shape index (κ2) is 6.34. The standard InChI is InChI=1S/C16H20N2O4/c1-21-16(20)13-3-2-8-18(13)15(19)12-6-7-17-14(9-12)22-10-11-4-5-11/h6-7,9,11,13H,2-5,8,10H2,1H3/t13-/m1/s1. The molecule has 0 aromatic carbocycles. The van der Waals surface area contributed by atoms with Crippen molar-refractivity contribution in [2.24, 2.45) is 5.92 Å². The summed E-state index contributed by atoms with van der Waals surface area (Å²) in [6.07, 6.45) is 5.43. The van der Waals surface area contributed by atoms with Gasteiger partial charge in [-0.2, -0.15) is 0 Å². The zero-order valence-electron chi connectivity index (χ0n) is 12.7. The minimum atomic E-state index is -0.485. The number of nitrogens with zero attached hydrogens (tertiary/aromatic N) is 2. The Kier molecular flexibility index (Phi) is 4.27. The maximum absolute atomic E-state index is 12.6. The third-order valence-electron chi connectivity index (χ3n) is 4.13. The topological polar surface area (TPSA) is 68.7 Å². The average molecular weight is 304 g/mol. The number of likely N-dealkylation sites (tertiary alicyclic amines) is 1. The van der Waals surface area contributed by atoms with Crippen LogP contribution in [0.2, 0.25) is 0 Å². The number of rotatable bonds is 5. The Bertz CT molecular complexity index is 571. The van der Waals surface area contributed by atoms with Crippen LogP contribution in [0, 0.1) is 5.92 Å². The lowest BCUT2D eigenvalue weighted by atomic mass is 10.2. The Morgan fingerprint density at radius 1 is 1.36 bits per heavy atom. The Balaban J connectivity index is 1.70. The average Bonchev–Trinajstić information content (AvgIpc) is 3.26. The van der Waals surface area contributed by atoms with E-state index in [9.17, 15) is 9.59 Å². The molecule has 1 aromatic heterocycles. The molecule has 2 fully saturated rings. The number of pyridine rings is 1. The molecule has 1 aliphatic heterocycles. The predicted molar refractivity (Wildman–Crippen MR) is 78.5 cm³/mol. The van der Waals surface area contributed by atoms with Gasteiger partial charge in [0.25, 0.3) is 5.91 Å². The summed E-state index contributed by atoms with van der Waals surface area (Å²) in [6, 6.07) is 2.82. The highest BCUT2D eigenvalue weighted by Gasteiger charge is 2.35. The van der Waals surface area contributed by atoms with Crippen LogP contribution in [0.15, 0.2) is 18.3 Å². The van der Waals surface area contributed by atoms with Crippen LogP contribution in [0.1, 0.15) is 36.0 Å². The predicted octanol–water partition coefficient (Wildman–Crippen LogP) is 1.65. The second-order valence-electron chi connectivity index (χ2n) is 5.82. The lowest BCUT2D eigenvalue weighted by Crippen LogP contribution is -2.41. The Morgan fingerprint density at radius 3 is 2.91 bits per heavy atom. The second-order valence-corrected chi connectivity index (χ2v) is 5.82. The smallest absolute Gasteiger partial charge is 0.328 e. The van der Waals surface area contributed by atoms with Crippen molar-refractivity contribution in [1.82, 2.24) is 9.88 Å². The number of esters is 1. The number of carbonyl (C=O) groups is 2. The van der Waals surface area contributed by atoms with Crippen molar-refractivity contribution in [3.8, 4) is 5.88 Å². The molecular weight excluding hydrogens is 284 g/mol. The molecule has 6 nitrogen and oxygen atoms in total. The molecule has 22 heavy (non-hydrogen) atoms. The molecule has 0 spiro atoms. The summed E-state index contributed by atoms with van der Waals surface area (Å²) in [4.78, 5) is 30.1. The summed E-state index contributed by atoms with van der Waals surface area (Å²) in [5, 5.41) is 0. The van der Waals surface area contributed by atoms with Gasteiger partial charge in [-0.25, -0.2) is 9.78 Å². The third-order valence-corrected chi connectivity index (χ3v) is 4.13. The minimum absolute atomic E-state index is 0.174. The van der Waals surface area contributed by atoms with Gasteiger partial charge < -0.3 is 14.4 Å². The third kappa shape index (κ3) is 3.21. The maximum Gasteiger partial charge on any atom is 0.328 e. The van der Waals surface area contributed by atoms with Crippen LogP contribution in [-0.2, 0) is 9.53 Å². The summed E-state index contributed by atoms with van der Waals surface area (Å²) >= 11 is 0. The fourth-order valence-electron chi connectivity index (χ4n) is 2.67. The van der Waals surface area contributed by atoms with Crippen LogP contribution in [0.4, 0.5) is 0 Å². The van der Waals surface area contributed by atoms with E-state index >= 15 is 0 Å². The first-order chi connectivity index (χ1) is 10.7. The molecule has 1 saturated heterocycles. The van der Waals surface area contributed by atoms with Gasteiger partial charge in [0.15, 0.2) is 0 Å².